The van der Waals surface area contributed by atoms with Crippen molar-refractivity contribution >= 4 is 11.9 Å². The topological polar surface area (TPSA) is 95.9 Å². The van der Waals surface area contributed by atoms with Gasteiger partial charge in [0.15, 0.2) is 0 Å². The van der Waals surface area contributed by atoms with Gasteiger partial charge < -0.3 is 20.3 Å². The molecule has 6 heteroatoms. The molecule has 0 spiro atoms. The third kappa shape index (κ3) is 22.4. The predicted molar refractivity (Wildman–Crippen MR) is 193 cm³/mol. The van der Waals surface area contributed by atoms with Crippen LogP contribution in [0.3, 0.4) is 0 Å². The molecule has 2 aliphatic carbocycles. The molecule has 2 aliphatic rings. The number of aliphatic hydroxyl groups excluding tert-OH is 1. The lowest BCUT2D eigenvalue weighted by molar-refractivity contribution is -0.151. The molecule has 0 bridgehead atoms. The van der Waals surface area contributed by atoms with Crippen LogP contribution in [0.1, 0.15) is 194 Å². The molecular weight excluding hydrogens is 574 g/mol. The maximum Gasteiger partial charge on any atom is 0.306 e. The Morgan fingerprint density at radius 3 is 1.74 bits per heavy atom. The summed E-state index contributed by atoms with van der Waals surface area (Å²) in [4.78, 5) is 23.5. The highest BCUT2D eigenvalue weighted by Crippen LogP contribution is 2.38. The summed E-state index contributed by atoms with van der Waals surface area (Å²) in [6.45, 7) is 8.54. The predicted octanol–water partition coefficient (Wildman–Crippen LogP) is 10.6. The molecule has 2 saturated carbocycles. The zero-order valence-electron chi connectivity index (χ0n) is 30.7. The van der Waals surface area contributed by atoms with Crippen LogP contribution in [0.4, 0.5) is 0 Å². The van der Waals surface area contributed by atoms with Gasteiger partial charge >= 0.3 is 11.9 Å². The van der Waals surface area contributed by atoms with Crippen LogP contribution in [0.2, 0.25) is 0 Å². The number of hydrogen-bond donors (Lipinski definition) is 3. The smallest absolute Gasteiger partial charge is 0.306 e. The third-order valence-electron chi connectivity index (χ3n) is 10.7. The Bertz CT molecular complexity index is 700. The van der Waals surface area contributed by atoms with E-state index in [1.807, 2.05) is 0 Å². The lowest BCUT2D eigenvalue weighted by atomic mass is 9.73. The van der Waals surface area contributed by atoms with Crippen molar-refractivity contribution in [2.45, 2.75) is 200 Å². The fourth-order valence-electron chi connectivity index (χ4n) is 7.63. The molecular formula is C40H77NO5. The van der Waals surface area contributed by atoms with E-state index in [9.17, 15) is 14.7 Å². The van der Waals surface area contributed by atoms with E-state index in [4.69, 9.17) is 9.84 Å². The average molecular weight is 652 g/mol. The van der Waals surface area contributed by atoms with Gasteiger partial charge in [0.25, 0.3) is 0 Å². The maximum atomic E-state index is 11.8. The summed E-state index contributed by atoms with van der Waals surface area (Å²) in [6.07, 6.45) is 32.3. The number of carbonyl (C=O) groups excluding carboxylic acids is 1. The quantitative estimate of drug-likeness (QED) is 0.0636. The average Bonchev–Trinajstić information content (AvgIpc) is 3.05. The molecule has 1 unspecified atom stereocenters. The number of carbonyl (C=O) groups is 2. The molecule has 6 nitrogen and oxygen atoms in total. The van der Waals surface area contributed by atoms with Gasteiger partial charge in [0.2, 0.25) is 0 Å². The summed E-state index contributed by atoms with van der Waals surface area (Å²) in [5, 5.41) is 21.5. The van der Waals surface area contributed by atoms with Gasteiger partial charge in [-0.2, -0.15) is 0 Å². The van der Waals surface area contributed by atoms with Crippen molar-refractivity contribution in [3.63, 3.8) is 0 Å². The molecule has 0 amide bonds. The minimum atomic E-state index is -0.570. The Morgan fingerprint density at radius 2 is 1.17 bits per heavy atom. The monoisotopic (exact) mass is 652 g/mol. The van der Waals surface area contributed by atoms with Gasteiger partial charge in [-0.25, -0.2) is 0 Å². The molecule has 46 heavy (non-hydrogen) atoms. The van der Waals surface area contributed by atoms with Crippen LogP contribution >= 0.6 is 0 Å². The lowest BCUT2D eigenvalue weighted by Gasteiger charge is -2.32. The van der Waals surface area contributed by atoms with Crippen molar-refractivity contribution in [2.75, 3.05) is 19.7 Å². The largest absolute Gasteiger partial charge is 0.481 e. The van der Waals surface area contributed by atoms with E-state index in [0.29, 0.717) is 18.9 Å². The fraction of sp³-hybridized carbons (Fsp3) is 0.950. The normalized spacial score (nSPS) is 22.1. The van der Waals surface area contributed by atoms with Crippen LogP contribution in [0.25, 0.3) is 0 Å². The van der Waals surface area contributed by atoms with Crippen molar-refractivity contribution < 1.29 is 24.5 Å². The summed E-state index contributed by atoms with van der Waals surface area (Å²) in [5.41, 5.74) is 0. The lowest BCUT2D eigenvalue weighted by Crippen LogP contribution is -2.27. The van der Waals surface area contributed by atoms with Crippen LogP contribution in [0, 0.1) is 23.7 Å². The molecule has 0 aliphatic heterocycles. The summed E-state index contributed by atoms with van der Waals surface area (Å²) in [7, 11) is 0. The standard InChI is InChI=1S/C21H41NO3.C19H36O2/c1-2-3-6-9-18-11-13-19(14-12-18)20(21(24)25)10-7-4-5-8-15-22-16-17-23;1-3-5-7-8-10-12-19(20)21-18-15-13-17(14-16-18)11-9-6-4-2/h18-20,22-23H,2-17H2,1H3,(H,24,25);17-18H,3-16H2,1-2H3. The van der Waals surface area contributed by atoms with E-state index in [-0.39, 0.29) is 24.6 Å². The Hall–Kier alpha value is -1.14. The first kappa shape index (κ1) is 42.9. The second-order valence-corrected chi connectivity index (χ2v) is 14.7. The van der Waals surface area contributed by atoms with E-state index >= 15 is 0 Å². The van der Waals surface area contributed by atoms with Gasteiger partial charge in [-0.05, 0) is 82.1 Å². The minimum absolute atomic E-state index is 0.0425. The second-order valence-electron chi connectivity index (χ2n) is 14.7. The number of nitrogens with one attached hydrogen (secondary N) is 1. The van der Waals surface area contributed by atoms with Crippen LogP contribution in [-0.2, 0) is 14.3 Å². The molecule has 2 rings (SSSR count). The molecule has 3 N–H and O–H groups in total. The Kier molecular flexibility index (Phi) is 27.9. The molecule has 1 atom stereocenters. The number of hydrogen-bond acceptors (Lipinski definition) is 5. The van der Waals surface area contributed by atoms with Crippen LogP contribution in [0.5, 0.6) is 0 Å². The van der Waals surface area contributed by atoms with Crippen LogP contribution < -0.4 is 5.32 Å². The number of rotatable bonds is 26. The Labute approximate surface area is 285 Å². The highest BCUT2D eigenvalue weighted by molar-refractivity contribution is 5.70. The third-order valence-corrected chi connectivity index (χ3v) is 10.7. The summed E-state index contributed by atoms with van der Waals surface area (Å²) < 4.78 is 5.63. The van der Waals surface area contributed by atoms with E-state index < -0.39 is 5.97 Å². The number of carboxylic acids is 1. The van der Waals surface area contributed by atoms with E-state index in [1.165, 1.54) is 103 Å². The van der Waals surface area contributed by atoms with Crippen LogP contribution in [0.15, 0.2) is 0 Å². The molecule has 0 aromatic rings. The van der Waals surface area contributed by atoms with Gasteiger partial charge in [0, 0.05) is 13.0 Å². The molecule has 0 heterocycles. The summed E-state index contributed by atoms with van der Waals surface area (Å²) in [6, 6.07) is 0. The van der Waals surface area contributed by atoms with Crippen molar-refractivity contribution in [3.05, 3.63) is 0 Å². The van der Waals surface area contributed by atoms with Gasteiger partial charge in [0.05, 0.1) is 12.5 Å². The van der Waals surface area contributed by atoms with E-state index in [1.54, 1.807) is 0 Å². The number of aliphatic carboxylic acids is 1. The number of unbranched alkanes of at least 4 members (excludes halogenated alkanes) is 11. The fourth-order valence-corrected chi connectivity index (χ4v) is 7.63. The van der Waals surface area contributed by atoms with Gasteiger partial charge in [-0.1, -0.05) is 130 Å². The van der Waals surface area contributed by atoms with Crippen molar-refractivity contribution in [1.29, 1.82) is 0 Å². The number of aliphatic hydroxyl groups is 1. The number of carboxylic acid groups (broad SMARTS) is 1. The van der Waals surface area contributed by atoms with E-state index in [2.05, 4.69) is 26.1 Å². The molecule has 0 aromatic carbocycles. The Morgan fingerprint density at radius 1 is 0.652 bits per heavy atom. The molecule has 0 aromatic heterocycles. The highest BCUT2D eigenvalue weighted by Gasteiger charge is 2.31. The SMILES string of the molecule is CCCCCC1CCC(C(CCCCCCNCCO)C(=O)O)CC1.CCCCCCCC(=O)OC1CCC(CCCCC)CC1. The van der Waals surface area contributed by atoms with E-state index in [0.717, 1.165) is 82.6 Å². The van der Waals surface area contributed by atoms with Crippen molar-refractivity contribution in [1.82, 2.24) is 5.32 Å². The highest BCUT2D eigenvalue weighted by atomic mass is 16.5. The van der Waals surface area contributed by atoms with Gasteiger partial charge in [-0.15, -0.1) is 0 Å². The molecule has 0 saturated heterocycles. The van der Waals surface area contributed by atoms with Crippen molar-refractivity contribution in [2.24, 2.45) is 23.7 Å². The second kappa shape index (κ2) is 30.0. The first-order valence-corrected chi connectivity index (χ1v) is 20.2. The summed E-state index contributed by atoms with van der Waals surface area (Å²) >= 11 is 0. The zero-order chi connectivity index (χ0) is 33.7. The molecule has 272 valence electrons. The zero-order valence-corrected chi connectivity index (χ0v) is 30.7. The molecule has 2 fully saturated rings. The molecule has 0 radical (unpaired) electrons. The van der Waals surface area contributed by atoms with Crippen molar-refractivity contribution in [3.8, 4) is 0 Å². The first-order chi connectivity index (χ1) is 22.4. The van der Waals surface area contributed by atoms with Gasteiger partial charge in [-0.3, -0.25) is 9.59 Å². The maximum absolute atomic E-state index is 11.8. The Balaban J connectivity index is 0.000000467. The van der Waals surface area contributed by atoms with Gasteiger partial charge in [0.1, 0.15) is 6.10 Å². The number of esters is 1. The minimum Gasteiger partial charge on any atom is -0.481 e. The summed E-state index contributed by atoms with van der Waals surface area (Å²) in [5.74, 6) is 1.50. The first-order valence-electron chi connectivity index (χ1n) is 20.2. The number of ether oxygens (including phenoxy) is 1. The van der Waals surface area contributed by atoms with Crippen LogP contribution in [-0.4, -0.2) is 48.0 Å².